The first-order valence-electron chi connectivity index (χ1n) is 8.07. The summed E-state index contributed by atoms with van der Waals surface area (Å²) < 4.78 is 45.5. The summed E-state index contributed by atoms with van der Waals surface area (Å²) in [5.41, 5.74) is 1.09. The predicted octanol–water partition coefficient (Wildman–Crippen LogP) is 3.00. The number of ketones is 1. The molecule has 0 aliphatic heterocycles. The second-order valence-electron chi connectivity index (χ2n) is 5.78. The average Bonchev–Trinajstić information content (AvgIpc) is 2.65. The van der Waals surface area contributed by atoms with E-state index in [2.05, 4.69) is 0 Å². The monoisotopic (exact) mass is 394 g/mol. The number of methoxy groups -OCH3 is 3. The van der Waals surface area contributed by atoms with Crippen molar-refractivity contribution < 1.29 is 31.6 Å². The van der Waals surface area contributed by atoms with Crippen molar-refractivity contribution in [2.45, 2.75) is 24.8 Å². The molecule has 1 atom stereocenters. The lowest BCUT2D eigenvalue weighted by Gasteiger charge is -2.16. The van der Waals surface area contributed by atoms with E-state index in [1.807, 2.05) is 6.92 Å². The van der Waals surface area contributed by atoms with Crippen molar-refractivity contribution in [1.82, 2.24) is 0 Å². The summed E-state index contributed by atoms with van der Waals surface area (Å²) in [6.07, 6.45) is -1.24. The number of hydrogen-bond donors (Lipinski definition) is 0. The molecule has 0 N–H and O–H groups in total. The van der Waals surface area contributed by atoms with E-state index < -0.39 is 22.0 Å². The van der Waals surface area contributed by atoms with Crippen molar-refractivity contribution >= 4 is 15.9 Å². The van der Waals surface area contributed by atoms with Crippen molar-refractivity contribution in [3.05, 3.63) is 47.5 Å². The van der Waals surface area contributed by atoms with Gasteiger partial charge in [0.1, 0.15) is 6.10 Å². The topological polar surface area (TPSA) is 88.1 Å². The van der Waals surface area contributed by atoms with E-state index in [-0.39, 0.29) is 22.0 Å². The van der Waals surface area contributed by atoms with Crippen molar-refractivity contribution in [3.63, 3.8) is 0 Å². The van der Waals surface area contributed by atoms with Gasteiger partial charge in [-0.25, -0.2) is 0 Å². The van der Waals surface area contributed by atoms with Gasteiger partial charge in [-0.05, 0) is 38.1 Å². The Morgan fingerprint density at radius 1 is 0.926 bits per heavy atom. The number of aryl methyl sites for hydroxylation is 1. The number of Topliss-reactive ketones (excluding diaryl/α,β-unsaturated/α-hetero) is 1. The molecule has 0 radical (unpaired) electrons. The highest BCUT2D eigenvalue weighted by atomic mass is 32.2. The minimum Gasteiger partial charge on any atom is -0.493 e. The first-order chi connectivity index (χ1) is 12.7. The molecular formula is C19H22O7S. The number of carbonyl (C=O) groups is 1. The Kier molecular flexibility index (Phi) is 6.45. The van der Waals surface area contributed by atoms with Crippen LogP contribution in [0.1, 0.15) is 22.8 Å². The minimum atomic E-state index is -4.08. The van der Waals surface area contributed by atoms with Crippen LogP contribution in [0.15, 0.2) is 41.3 Å². The lowest BCUT2D eigenvalue weighted by atomic mass is 10.1. The van der Waals surface area contributed by atoms with E-state index in [0.29, 0.717) is 5.75 Å². The normalized spacial score (nSPS) is 12.3. The third-order valence-corrected chi connectivity index (χ3v) is 5.29. The second kappa shape index (κ2) is 8.41. The van der Waals surface area contributed by atoms with Crippen molar-refractivity contribution in [2.75, 3.05) is 21.3 Å². The van der Waals surface area contributed by atoms with E-state index in [0.717, 1.165) is 5.56 Å². The molecule has 0 aromatic heterocycles. The summed E-state index contributed by atoms with van der Waals surface area (Å²) in [5.74, 6) is 0.366. The van der Waals surface area contributed by atoms with Crippen LogP contribution in [-0.4, -0.2) is 41.6 Å². The summed E-state index contributed by atoms with van der Waals surface area (Å²) in [6, 6.07) is 9.07. The quantitative estimate of drug-likeness (QED) is 0.502. The molecule has 0 saturated carbocycles. The Bertz CT molecular complexity index is 893. The highest BCUT2D eigenvalue weighted by Crippen LogP contribution is 2.38. The van der Waals surface area contributed by atoms with Gasteiger partial charge in [-0.3, -0.25) is 8.98 Å². The SMILES string of the molecule is COc1cc(C(=O)[C@H](C)OS(=O)(=O)c2ccc(C)cc2)cc(OC)c1OC. The zero-order chi connectivity index (χ0) is 20.2. The Morgan fingerprint density at radius 3 is 1.89 bits per heavy atom. The smallest absolute Gasteiger partial charge is 0.297 e. The third kappa shape index (κ3) is 4.58. The number of ether oxygens (including phenoxy) is 3. The molecule has 7 nitrogen and oxygen atoms in total. The predicted molar refractivity (Wildman–Crippen MR) is 99.3 cm³/mol. The molecule has 0 unspecified atom stereocenters. The van der Waals surface area contributed by atoms with Gasteiger partial charge in [0.15, 0.2) is 17.3 Å². The fourth-order valence-corrected chi connectivity index (χ4v) is 3.50. The molecule has 0 amide bonds. The molecule has 0 bridgehead atoms. The molecule has 0 aliphatic carbocycles. The number of rotatable bonds is 8. The van der Waals surface area contributed by atoms with Gasteiger partial charge in [-0.2, -0.15) is 8.42 Å². The average molecular weight is 394 g/mol. The van der Waals surface area contributed by atoms with Gasteiger partial charge in [0.2, 0.25) is 5.75 Å². The first kappa shape index (κ1) is 20.7. The number of benzene rings is 2. The van der Waals surface area contributed by atoms with Crippen LogP contribution in [0, 0.1) is 6.92 Å². The molecule has 2 rings (SSSR count). The van der Waals surface area contributed by atoms with Crippen LogP contribution in [0.25, 0.3) is 0 Å². The fraction of sp³-hybridized carbons (Fsp3) is 0.316. The summed E-state index contributed by atoms with van der Waals surface area (Å²) in [4.78, 5) is 12.7. The van der Waals surface area contributed by atoms with Gasteiger partial charge in [0.25, 0.3) is 10.1 Å². The van der Waals surface area contributed by atoms with E-state index in [4.69, 9.17) is 18.4 Å². The van der Waals surface area contributed by atoms with Crippen LogP contribution in [-0.2, 0) is 14.3 Å². The highest BCUT2D eigenvalue weighted by molar-refractivity contribution is 7.86. The summed E-state index contributed by atoms with van der Waals surface area (Å²) in [5, 5.41) is 0. The van der Waals surface area contributed by atoms with Gasteiger partial charge in [-0.15, -0.1) is 0 Å². The third-order valence-electron chi connectivity index (χ3n) is 3.90. The molecular weight excluding hydrogens is 372 g/mol. The summed E-state index contributed by atoms with van der Waals surface area (Å²) in [6.45, 7) is 3.21. The minimum absolute atomic E-state index is 0.0161. The Morgan fingerprint density at radius 2 is 1.44 bits per heavy atom. The van der Waals surface area contributed by atoms with Crippen LogP contribution in [0.4, 0.5) is 0 Å². The van der Waals surface area contributed by atoms with Crippen molar-refractivity contribution in [3.8, 4) is 17.2 Å². The Labute approximate surface area is 158 Å². The van der Waals surface area contributed by atoms with Crippen molar-refractivity contribution in [2.24, 2.45) is 0 Å². The maximum absolute atomic E-state index is 12.7. The van der Waals surface area contributed by atoms with Crippen LogP contribution < -0.4 is 14.2 Å². The van der Waals surface area contributed by atoms with Crippen LogP contribution in [0.5, 0.6) is 17.2 Å². The summed E-state index contributed by atoms with van der Waals surface area (Å²) in [7, 11) is 0.213. The second-order valence-corrected chi connectivity index (χ2v) is 7.36. The first-order valence-corrected chi connectivity index (χ1v) is 9.48. The van der Waals surface area contributed by atoms with E-state index in [1.54, 1.807) is 12.1 Å². The zero-order valence-corrected chi connectivity index (χ0v) is 16.6. The molecule has 0 heterocycles. The molecule has 2 aromatic carbocycles. The Hall–Kier alpha value is -2.58. The Balaban J connectivity index is 2.30. The lowest BCUT2D eigenvalue weighted by Crippen LogP contribution is -2.24. The molecule has 2 aromatic rings. The highest BCUT2D eigenvalue weighted by Gasteiger charge is 2.26. The van der Waals surface area contributed by atoms with Gasteiger partial charge in [0.05, 0.1) is 26.2 Å². The number of carbonyl (C=O) groups excluding carboxylic acids is 1. The van der Waals surface area contributed by atoms with Crippen molar-refractivity contribution in [1.29, 1.82) is 0 Å². The van der Waals surface area contributed by atoms with Crippen LogP contribution in [0.2, 0.25) is 0 Å². The molecule has 0 spiro atoms. The van der Waals surface area contributed by atoms with E-state index in [1.165, 1.54) is 52.5 Å². The number of hydrogen-bond acceptors (Lipinski definition) is 7. The van der Waals surface area contributed by atoms with Gasteiger partial charge >= 0.3 is 0 Å². The maximum atomic E-state index is 12.7. The largest absolute Gasteiger partial charge is 0.493 e. The summed E-state index contributed by atoms with van der Waals surface area (Å²) >= 11 is 0. The molecule has 8 heteroatoms. The molecule has 146 valence electrons. The van der Waals surface area contributed by atoms with E-state index >= 15 is 0 Å². The molecule has 27 heavy (non-hydrogen) atoms. The van der Waals surface area contributed by atoms with Gasteiger partial charge < -0.3 is 14.2 Å². The fourth-order valence-electron chi connectivity index (χ4n) is 2.45. The van der Waals surface area contributed by atoms with E-state index in [9.17, 15) is 13.2 Å². The molecule has 0 aliphatic rings. The van der Waals surface area contributed by atoms with Crippen LogP contribution >= 0.6 is 0 Å². The zero-order valence-electron chi connectivity index (χ0n) is 15.8. The standard InChI is InChI=1S/C19H22O7S/c1-12-6-8-15(9-7-12)27(21,22)26-13(2)18(20)14-10-16(23-3)19(25-5)17(11-14)24-4/h6-11,13H,1-5H3/t13-/m0/s1. The lowest BCUT2D eigenvalue weighted by molar-refractivity contribution is 0.0825. The maximum Gasteiger partial charge on any atom is 0.297 e. The molecule has 0 saturated heterocycles. The van der Waals surface area contributed by atoms with Gasteiger partial charge in [-0.1, -0.05) is 17.7 Å². The van der Waals surface area contributed by atoms with Crippen LogP contribution in [0.3, 0.4) is 0 Å². The molecule has 0 fully saturated rings. The van der Waals surface area contributed by atoms with Gasteiger partial charge in [0, 0.05) is 5.56 Å².